The Bertz CT molecular complexity index is 565. The highest BCUT2D eigenvalue weighted by atomic mass is 35.5. The molecule has 2 amide bonds. The number of nitrogens with one attached hydrogen (secondary N) is 2. The highest BCUT2D eigenvalue weighted by Gasteiger charge is 2.22. The van der Waals surface area contributed by atoms with Gasteiger partial charge in [0.15, 0.2) is 0 Å². The summed E-state index contributed by atoms with van der Waals surface area (Å²) in [6.45, 7) is 7.71. The zero-order valence-electron chi connectivity index (χ0n) is 14.6. The molecule has 5 nitrogen and oxygen atoms in total. The molecule has 0 unspecified atom stereocenters. The van der Waals surface area contributed by atoms with E-state index in [4.69, 9.17) is 5.73 Å². The van der Waals surface area contributed by atoms with Crippen molar-refractivity contribution in [3.05, 3.63) is 35.6 Å². The molecule has 0 aliphatic rings. The lowest BCUT2D eigenvalue weighted by molar-refractivity contribution is -0.127. The Hall–Kier alpha value is -1.66. The van der Waals surface area contributed by atoms with E-state index in [1.807, 2.05) is 33.8 Å². The normalized spacial score (nSPS) is 12.3. The third kappa shape index (κ3) is 6.84. The van der Waals surface area contributed by atoms with Crippen molar-refractivity contribution in [2.45, 2.75) is 39.2 Å². The van der Waals surface area contributed by atoms with Gasteiger partial charge in [-0.3, -0.25) is 9.59 Å². The van der Waals surface area contributed by atoms with Gasteiger partial charge in [-0.2, -0.15) is 0 Å². The second kappa shape index (κ2) is 9.59. The highest BCUT2D eigenvalue weighted by Crippen LogP contribution is 2.22. The van der Waals surface area contributed by atoms with Crippen LogP contribution in [0.1, 0.15) is 33.3 Å². The third-order valence-corrected chi connectivity index (χ3v) is 3.78. The summed E-state index contributed by atoms with van der Waals surface area (Å²) in [6.07, 6.45) is 0. The topological polar surface area (TPSA) is 84.2 Å². The van der Waals surface area contributed by atoms with Crippen molar-refractivity contribution in [1.29, 1.82) is 0 Å². The first kappa shape index (κ1) is 22.3. The molecule has 24 heavy (non-hydrogen) atoms. The smallest absolute Gasteiger partial charge is 0.239 e. The number of rotatable bonds is 7. The van der Waals surface area contributed by atoms with Gasteiger partial charge in [0, 0.05) is 12.0 Å². The van der Waals surface area contributed by atoms with E-state index in [-0.39, 0.29) is 42.5 Å². The number of hydrogen-bond acceptors (Lipinski definition) is 3. The molecule has 1 aromatic rings. The molecule has 0 saturated carbocycles. The van der Waals surface area contributed by atoms with E-state index < -0.39 is 11.5 Å². The van der Waals surface area contributed by atoms with E-state index in [2.05, 4.69) is 10.6 Å². The molecule has 1 rings (SSSR count). The maximum absolute atomic E-state index is 13.3. The van der Waals surface area contributed by atoms with Crippen molar-refractivity contribution in [3.8, 4) is 0 Å². The number of amides is 2. The lowest BCUT2D eigenvalue weighted by Gasteiger charge is -2.26. The summed E-state index contributed by atoms with van der Waals surface area (Å²) in [5.74, 6) is -0.958. The number of benzene rings is 1. The van der Waals surface area contributed by atoms with Crippen molar-refractivity contribution >= 4 is 24.2 Å². The average molecular weight is 360 g/mol. The molecule has 1 aromatic carbocycles. The maximum atomic E-state index is 13.3. The Morgan fingerprint density at radius 2 is 1.88 bits per heavy atom. The molecular formula is C17H27ClFN3O2. The Morgan fingerprint density at radius 1 is 1.25 bits per heavy atom. The number of hydrogen-bond donors (Lipinski definition) is 3. The lowest BCUT2D eigenvalue weighted by Crippen LogP contribution is -2.48. The van der Waals surface area contributed by atoms with Crippen LogP contribution in [0.4, 0.5) is 4.39 Å². The molecule has 0 heterocycles. The second-order valence-electron chi connectivity index (χ2n) is 6.66. The Morgan fingerprint density at radius 3 is 2.42 bits per heavy atom. The van der Waals surface area contributed by atoms with Crippen LogP contribution < -0.4 is 16.4 Å². The number of carbonyl (C=O) groups excluding carboxylic acids is 2. The summed E-state index contributed by atoms with van der Waals surface area (Å²) < 4.78 is 13.3. The fourth-order valence-electron chi connectivity index (χ4n) is 1.98. The fraction of sp³-hybridized carbons (Fsp3) is 0.529. The van der Waals surface area contributed by atoms with Crippen LogP contribution in [-0.4, -0.2) is 30.9 Å². The van der Waals surface area contributed by atoms with E-state index in [9.17, 15) is 14.0 Å². The standard InChI is InChI=1S/C17H26FN3O2.ClH/c1-11(2)15(19)16(23)20-9-14(22)21-10-17(3,4)12-6-5-7-13(18)8-12;/h5-8,11,15H,9-10,19H2,1-4H3,(H,20,23)(H,21,22);1H/t15-;/m0./s1. The molecular weight excluding hydrogens is 333 g/mol. The van der Waals surface area contributed by atoms with Gasteiger partial charge in [-0.25, -0.2) is 4.39 Å². The van der Waals surface area contributed by atoms with Crippen molar-refractivity contribution in [2.24, 2.45) is 11.7 Å². The van der Waals surface area contributed by atoms with Gasteiger partial charge in [-0.05, 0) is 23.6 Å². The molecule has 0 spiro atoms. The molecule has 136 valence electrons. The molecule has 0 radical (unpaired) electrons. The van der Waals surface area contributed by atoms with Crippen LogP contribution in [0.25, 0.3) is 0 Å². The van der Waals surface area contributed by atoms with Crippen LogP contribution in [0.15, 0.2) is 24.3 Å². The van der Waals surface area contributed by atoms with Gasteiger partial charge in [0.2, 0.25) is 11.8 Å². The van der Waals surface area contributed by atoms with Crippen molar-refractivity contribution in [2.75, 3.05) is 13.1 Å². The van der Waals surface area contributed by atoms with Crippen LogP contribution in [0, 0.1) is 11.7 Å². The van der Waals surface area contributed by atoms with Crippen LogP contribution in [-0.2, 0) is 15.0 Å². The summed E-state index contributed by atoms with van der Waals surface area (Å²) >= 11 is 0. The van der Waals surface area contributed by atoms with Crippen LogP contribution in [0.2, 0.25) is 0 Å². The maximum Gasteiger partial charge on any atom is 0.239 e. The van der Waals surface area contributed by atoms with E-state index in [0.717, 1.165) is 5.56 Å². The molecule has 0 bridgehead atoms. The first-order valence-electron chi connectivity index (χ1n) is 7.69. The van der Waals surface area contributed by atoms with Crippen LogP contribution in [0.5, 0.6) is 0 Å². The van der Waals surface area contributed by atoms with Gasteiger partial charge in [0.25, 0.3) is 0 Å². The number of halogens is 2. The zero-order chi connectivity index (χ0) is 17.6. The first-order valence-corrected chi connectivity index (χ1v) is 7.69. The van der Waals surface area contributed by atoms with Crippen LogP contribution >= 0.6 is 12.4 Å². The minimum absolute atomic E-state index is 0. The molecule has 4 N–H and O–H groups in total. The predicted molar refractivity (Wildman–Crippen MR) is 95.5 cm³/mol. The zero-order valence-corrected chi connectivity index (χ0v) is 15.4. The van der Waals surface area contributed by atoms with Crippen LogP contribution in [0.3, 0.4) is 0 Å². The minimum Gasteiger partial charge on any atom is -0.354 e. The van der Waals surface area contributed by atoms with E-state index in [1.54, 1.807) is 6.07 Å². The molecule has 1 atom stereocenters. The van der Waals surface area contributed by atoms with Gasteiger partial charge in [-0.15, -0.1) is 12.4 Å². The van der Waals surface area contributed by atoms with E-state index in [0.29, 0.717) is 6.54 Å². The quantitative estimate of drug-likeness (QED) is 0.693. The van der Waals surface area contributed by atoms with Gasteiger partial charge < -0.3 is 16.4 Å². The van der Waals surface area contributed by atoms with Gasteiger partial charge in [0.05, 0.1) is 12.6 Å². The number of nitrogens with two attached hydrogens (primary N) is 1. The average Bonchev–Trinajstić information content (AvgIpc) is 2.49. The molecule has 0 aromatic heterocycles. The predicted octanol–water partition coefficient (Wildman–Crippen LogP) is 1.74. The van der Waals surface area contributed by atoms with E-state index >= 15 is 0 Å². The van der Waals surface area contributed by atoms with Gasteiger partial charge >= 0.3 is 0 Å². The van der Waals surface area contributed by atoms with Crippen molar-refractivity contribution < 1.29 is 14.0 Å². The van der Waals surface area contributed by atoms with Crippen molar-refractivity contribution in [1.82, 2.24) is 10.6 Å². The summed E-state index contributed by atoms with van der Waals surface area (Å²) in [5, 5.41) is 5.26. The Balaban J connectivity index is 0.00000529. The van der Waals surface area contributed by atoms with Gasteiger partial charge in [0.1, 0.15) is 5.82 Å². The van der Waals surface area contributed by atoms with Gasteiger partial charge in [-0.1, -0.05) is 39.8 Å². The monoisotopic (exact) mass is 359 g/mol. The summed E-state index contributed by atoms with van der Waals surface area (Å²) in [4.78, 5) is 23.5. The SMILES string of the molecule is CC(C)[C@H](N)C(=O)NCC(=O)NCC(C)(C)c1cccc(F)c1.Cl. The Labute approximate surface area is 149 Å². The second-order valence-corrected chi connectivity index (χ2v) is 6.66. The third-order valence-electron chi connectivity index (χ3n) is 3.78. The summed E-state index contributed by atoms with van der Waals surface area (Å²) in [6, 6.07) is 5.66. The first-order chi connectivity index (χ1) is 10.6. The number of carbonyl (C=O) groups is 2. The molecule has 0 fully saturated rings. The minimum atomic E-state index is -0.633. The molecule has 0 aliphatic carbocycles. The molecule has 0 aliphatic heterocycles. The van der Waals surface area contributed by atoms with E-state index in [1.165, 1.54) is 12.1 Å². The highest BCUT2D eigenvalue weighted by molar-refractivity contribution is 5.87. The molecule has 7 heteroatoms. The fourth-order valence-corrected chi connectivity index (χ4v) is 1.98. The lowest BCUT2D eigenvalue weighted by atomic mass is 9.84. The largest absolute Gasteiger partial charge is 0.354 e. The molecule has 0 saturated heterocycles. The Kier molecular flexibility index (Phi) is 8.93. The summed E-state index contributed by atoms with van der Waals surface area (Å²) in [7, 11) is 0. The van der Waals surface area contributed by atoms with Crippen molar-refractivity contribution in [3.63, 3.8) is 0 Å². The summed E-state index contributed by atoms with van der Waals surface area (Å²) in [5.41, 5.74) is 6.07.